The van der Waals surface area contributed by atoms with Crippen LogP contribution < -0.4 is 21.7 Å². The van der Waals surface area contributed by atoms with Gasteiger partial charge in [0, 0.05) is 24.7 Å². The van der Waals surface area contributed by atoms with Crippen LogP contribution in [0.4, 0.5) is 0 Å². The average molecular weight is 597 g/mol. The van der Waals surface area contributed by atoms with Crippen molar-refractivity contribution in [2.24, 2.45) is 5.73 Å². The number of carboxylic acid groups (broad SMARTS) is 1. The van der Waals surface area contributed by atoms with Gasteiger partial charge in [-0.25, -0.2) is 9.78 Å². The summed E-state index contributed by atoms with van der Waals surface area (Å²) in [5.41, 5.74) is 8.13. The van der Waals surface area contributed by atoms with Crippen molar-refractivity contribution in [3.63, 3.8) is 0 Å². The molecule has 3 amide bonds. The molecule has 1 aromatic heterocycles. The molecule has 0 aliphatic carbocycles. The fourth-order valence-electron chi connectivity index (χ4n) is 4.18. The van der Waals surface area contributed by atoms with E-state index in [9.17, 15) is 29.4 Å². The fourth-order valence-corrected chi connectivity index (χ4v) is 4.65. The Morgan fingerprint density at radius 3 is 2.10 bits per heavy atom. The molecule has 224 valence electrons. The molecule has 3 rings (SSSR count). The number of phenols is 1. The third-order valence-electron chi connectivity index (χ3n) is 6.48. The Bertz CT molecular complexity index is 1310. The number of nitrogens with one attached hydrogen (secondary N) is 4. The molecule has 12 nitrogen and oxygen atoms in total. The van der Waals surface area contributed by atoms with Crippen molar-refractivity contribution in [2.45, 2.75) is 49.9 Å². The van der Waals surface area contributed by atoms with Crippen LogP contribution in [0.3, 0.4) is 0 Å². The van der Waals surface area contributed by atoms with Gasteiger partial charge in [-0.05, 0) is 48.1 Å². The second-order valence-corrected chi connectivity index (χ2v) is 10.7. The van der Waals surface area contributed by atoms with Crippen molar-refractivity contribution >= 4 is 35.5 Å². The van der Waals surface area contributed by atoms with Crippen molar-refractivity contribution in [2.75, 3.05) is 12.0 Å². The molecule has 0 saturated heterocycles. The molecule has 4 atom stereocenters. The summed E-state index contributed by atoms with van der Waals surface area (Å²) in [6, 6.07) is 10.9. The van der Waals surface area contributed by atoms with Crippen LogP contribution in [0, 0.1) is 0 Å². The van der Waals surface area contributed by atoms with Crippen LogP contribution >= 0.6 is 11.8 Å². The first kappa shape index (κ1) is 32.2. The predicted octanol–water partition coefficient (Wildman–Crippen LogP) is 0.763. The summed E-state index contributed by atoms with van der Waals surface area (Å²) >= 11 is 1.49. The monoisotopic (exact) mass is 596 g/mol. The SMILES string of the molecule is CSCCC(NC(=O)C(N)Cc1ccccc1)C(=O)NC(Cc1cnc[nH]1)C(=O)NC(Cc1ccc(O)cc1)C(=O)O. The molecule has 13 heteroatoms. The lowest BCUT2D eigenvalue weighted by atomic mass is 10.0. The molecule has 0 aliphatic rings. The number of phenolic OH excluding ortho intramolecular Hbond substituents is 1. The highest BCUT2D eigenvalue weighted by Crippen LogP contribution is 2.12. The first-order chi connectivity index (χ1) is 20.2. The van der Waals surface area contributed by atoms with Gasteiger partial charge in [-0.15, -0.1) is 0 Å². The number of carbonyl (C=O) groups excluding carboxylic acids is 3. The van der Waals surface area contributed by atoms with Gasteiger partial charge in [-0.2, -0.15) is 11.8 Å². The number of amides is 3. The number of imidazole rings is 1. The maximum atomic E-state index is 13.4. The van der Waals surface area contributed by atoms with E-state index in [1.54, 1.807) is 12.1 Å². The van der Waals surface area contributed by atoms with Crippen LogP contribution in [0.15, 0.2) is 67.1 Å². The lowest BCUT2D eigenvalue weighted by Crippen LogP contribution is -2.58. The Hall–Kier alpha value is -4.36. The summed E-state index contributed by atoms with van der Waals surface area (Å²) in [4.78, 5) is 58.5. The minimum atomic E-state index is -1.30. The van der Waals surface area contributed by atoms with Crippen molar-refractivity contribution in [1.29, 1.82) is 0 Å². The molecular formula is C29H36N6O6S. The van der Waals surface area contributed by atoms with E-state index in [0.717, 1.165) is 5.56 Å². The molecule has 0 bridgehead atoms. The van der Waals surface area contributed by atoms with E-state index in [0.29, 0.717) is 17.0 Å². The van der Waals surface area contributed by atoms with E-state index in [2.05, 4.69) is 25.9 Å². The van der Waals surface area contributed by atoms with Gasteiger partial charge in [0.2, 0.25) is 17.7 Å². The average Bonchev–Trinajstić information content (AvgIpc) is 3.49. The van der Waals surface area contributed by atoms with Gasteiger partial charge in [0.1, 0.15) is 23.9 Å². The molecule has 1 heterocycles. The largest absolute Gasteiger partial charge is 0.508 e. The third kappa shape index (κ3) is 10.2. The maximum Gasteiger partial charge on any atom is 0.326 e. The van der Waals surface area contributed by atoms with E-state index in [1.807, 2.05) is 36.6 Å². The van der Waals surface area contributed by atoms with Crippen LogP contribution in [-0.4, -0.2) is 80.0 Å². The number of aliphatic carboxylic acids is 1. The van der Waals surface area contributed by atoms with E-state index in [1.165, 1.54) is 36.4 Å². The summed E-state index contributed by atoms with van der Waals surface area (Å²) in [6.07, 6.45) is 5.31. The Balaban J connectivity index is 1.73. The number of carbonyl (C=O) groups is 4. The van der Waals surface area contributed by atoms with Crippen molar-refractivity contribution in [3.05, 3.63) is 83.9 Å². The number of hydrogen-bond acceptors (Lipinski definition) is 8. The molecule has 0 saturated carbocycles. The van der Waals surface area contributed by atoms with Crippen molar-refractivity contribution < 1.29 is 29.4 Å². The van der Waals surface area contributed by atoms with Crippen LogP contribution in [0.5, 0.6) is 5.75 Å². The maximum absolute atomic E-state index is 13.4. The van der Waals surface area contributed by atoms with E-state index in [-0.39, 0.29) is 31.4 Å². The molecule has 0 radical (unpaired) electrons. The summed E-state index contributed by atoms with van der Waals surface area (Å²) in [5.74, 6) is -2.51. The van der Waals surface area contributed by atoms with E-state index in [4.69, 9.17) is 5.73 Å². The Kier molecular flexibility index (Phi) is 12.4. The zero-order valence-corrected chi connectivity index (χ0v) is 24.0. The van der Waals surface area contributed by atoms with Crippen molar-refractivity contribution in [3.8, 4) is 5.75 Å². The number of aromatic amines is 1. The highest BCUT2D eigenvalue weighted by molar-refractivity contribution is 7.98. The third-order valence-corrected chi connectivity index (χ3v) is 7.13. The highest BCUT2D eigenvalue weighted by atomic mass is 32.2. The molecule has 3 aromatic rings. The predicted molar refractivity (Wildman–Crippen MR) is 159 cm³/mol. The molecule has 0 fully saturated rings. The zero-order chi connectivity index (χ0) is 30.5. The van der Waals surface area contributed by atoms with Crippen LogP contribution in [0.25, 0.3) is 0 Å². The van der Waals surface area contributed by atoms with Gasteiger partial charge in [0.25, 0.3) is 0 Å². The first-order valence-corrected chi connectivity index (χ1v) is 14.7. The van der Waals surface area contributed by atoms with Gasteiger partial charge in [0.15, 0.2) is 0 Å². The number of aromatic nitrogens is 2. The Morgan fingerprint density at radius 1 is 0.857 bits per heavy atom. The topological polar surface area (TPSA) is 200 Å². The molecular weight excluding hydrogens is 560 g/mol. The Labute approximate surface area is 247 Å². The molecule has 0 spiro atoms. The fraction of sp³-hybridized carbons (Fsp3) is 0.345. The number of aromatic hydroxyl groups is 1. The van der Waals surface area contributed by atoms with Crippen LogP contribution in [0.2, 0.25) is 0 Å². The Morgan fingerprint density at radius 2 is 1.48 bits per heavy atom. The summed E-state index contributed by atoms with van der Waals surface area (Å²) in [5, 5.41) is 27.2. The number of rotatable bonds is 16. The van der Waals surface area contributed by atoms with Gasteiger partial charge in [-0.1, -0.05) is 42.5 Å². The van der Waals surface area contributed by atoms with Crippen LogP contribution in [-0.2, 0) is 38.4 Å². The summed E-state index contributed by atoms with van der Waals surface area (Å²) < 4.78 is 0. The minimum absolute atomic E-state index is 0.000162. The molecule has 0 aliphatic heterocycles. The first-order valence-electron chi connectivity index (χ1n) is 13.3. The standard InChI is InChI=1S/C29H36N6O6S/c1-42-12-11-23(33-26(37)22(30)13-18-5-3-2-4-6-18)27(38)34-24(15-20-16-31-17-32-20)28(39)35-25(29(40)41)14-19-7-9-21(36)10-8-19/h2-10,16-17,22-25,36H,11-15,30H2,1H3,(H,31,32)(H,33,37)(H,34,38)(H,35,39)(H,40,41). The lowest BCUT2D eigenvalue weighted by Gasteiger charge is -2.25. The molecule has 42 heavy (non-hydrogen) atoms. The van der Waals surface area contributed by atoms with E-state index >= 15 is 0 Å². The quantitative estimate of drug-likeness (QED) is 0.125. The number of nitrogens with two attached hydrogens (primary N) is 1. The number of carboxylic acids is 1. The molecule has 4 unspecified atom stereocenters. The van der Waals surface area contributed by atoms with E-state index < -0.39 is 47.9 Å². The second kappa shape index (κ2) is 16.2. The number of H-pyrrole nitrogens is 1. The van der Waals surface area contributed by atoms with Gasteiger partial charge >= 0.3 is 5.97 Å². The normalized spacial score (nSPS) is 13.8. The lowest BCUT2D eigenvalue weighted by molar-refractivity contribution is -0.142. The van der Waals surface area contributed by atoms with Gasteiger partial charge in [-0.3, -0.25) is 14.4 Å². The zero-order valence-electron chi connectivity index (χ0n) is 23.2. The van der Waals surface area contributed by atoms with Crippen LogP contribution in [0.1, 0.15) is 23.2 Å². The van der Waals surface area contributed by atoms with Gasteiger partial charge in [0.05, 0.1) is 12.4 Å². The number of hydrogen-bond donors (Lipinski definition) is 7. The smallest absolute Gasteiger partial charge is 0.326 e. The molecule has 8 N–H and O–H groups in total. The van der Waals surface area contributed by atoms with Crippen molar-refractivity contribution in [1.82, 2.24) is 25.9 Å². The van der Waals surface area contributed by atoms with Gasteiger partial charge < -0.3 is 36.9 Å². The highest BCUT2D eigenvalue weighted by Gasteiger charge is 2.31. The number of benzene rings is 2. The number of nitrogens with zero attached hydrogens (tertiary/aromatic N) is 1. The summed E-state index contributed by atoms with van der Waals surface area (Å²) in [6.45, 7) is 0. The second-order valence-electron chi connectivity index (χ2n) is 9.75. The molecule has 2 aromatic carbocycles. The number of thioether (sulfide) groups is 1. The summed E-state index contributed by atoms with van der Waals surface area (Å²) in [7, 11) is 0. The minimum Gasteiger partial charge on any atom is -0.508 e.